The molecule has 1 fully saturated rings. The van der Waals surface area contributed by atoms with Gasteiger partial charge in [0.2, 0.25) is 0 Å². The van der Waals surface area contributed by atoms with E-state index in [-0.39, 0.29) is 21.7 Å². The fraction of sp³-hybridized carbons (Fsp3) is 0.545. The monoisotopic (exact) mass is 195 g/mol. The van der Waals surface area contributed by atoms with E-state index in [9.17, 15) is 0 Å². The van der Waals surface area contributed by atoms with Crippen molar-refractivity contribution in [3.63, 3.8) is 0 Å². The Hall–Kier alpha value is 0.0643. The number of fused-ring (bicyclic) bond motifs is 1. The number of rotatable bonds is 0. The van der Waals surface area contributed by atoms with Crippen LogP contribution in [-0.4, -0.2) is 0 Å². The number of hydrogen-bond donors (Lipinski definition) is 0. The standard InChI is InChI=1S/C11H15.Ti/c1-8-7-9(2)11-6-4-3-5-10(8)11;/h3-5,9,11H,6-7H2,1-2H3;/q-1;. The van der Waals surface area contributed by atoms with E-state index >= 15 is 0 Å². The molecule has 2 aliphatic rings. The fourth-order valence-electron chi connectivity index (χ4n) is 2.39. The Kier molecular flexibility index (Phi) is 3.25. The van der Waals surface area contributed by atoms with Crippen LogP contribution in [0.5, 0.6) is 0 Å². The van der Waals surface area contributed by atoms with Crippen molar-refractivity contribution >= 4 is 0 Å². The fourth-order valence-corrected chi connectivity index (χ4v) is 2.39. The molecule has 64 valence electrons. The van der Waals surface area contributed by atoms with E-state index in [0.29, 0.717) is 0 Å². The second-order valence-corrected chi connectivity index (χ2v) is 3.85. The summed E-state index contributed by atoms with van der Waals surface area (Å²) in [6, 6.07) is 0. The smallest absolute Gasteiger partial charge is 0 e. The molecule has 2 atom stereocenters. The van der Waals surface area contributed by atoms with Crippen LogP contribution in [0.15, 0.2) is 23.8 Å². The predicted molar refractivity (Wildman–Crippen MR) is 48.0 cm³/mol. The molecular formula is C11H15Ti-. The van der Waals surface area contributed by atoms with Crippen LogP contribution in [-0.2, 0) is 21.7 Å². The van der Waals surface area contributed by atoms with Gasteiger partial charge >= 0.3 is 0 Å². The molecular weight excluding hydrogens is 180 g/mol. The molecule has 0 aromatic carbocycles. The van der Waals surface area contributed by atoms with Gasteiger partial charge in [0.05, 0.1) is 0 Å². The molecule has 0 aliphatic heterocycles. The van der Waals surface area contributed by atoms with Gasteiger partial charge in [0, 0.05) is 21.7 Å². The molecule has 1 heteroatoms. The summed E-state index contributed by atoms with van der Waals surface area (Å²) in [5.74, 6) is 3.35. The van der Waals surface area contributed by atoms with Gasteiger partial charge in [0.1, 0.15) is 0 Å². The van der Waals surface area contributed by atoms with Gasteiger partial charge < -0.3 is 0 Å². The summed E-state index contributed by atoms with van der Waals surface area (Å²) in [5, 5.41) is 0. The molecule has 0 heterocycles. The van der Waals surface area contributed by atoms with Gasteiger partial charge in [0.15, 0.2) is 0 Å². The molecule has 0 bridgehead atoms. The van der Waals surface area contributed by atoms with E-state index in [2.05, 4.69) is 32.1 Å². The zero-order chi connectivity index (χ0) is 7.84. The third-order valence-electron chi connectivity index (χ3n) is 3.01. The first-order chi connectivity index (χ1) is 5.29. The number of allylic oxidation sites excluding steroid dienone is 4. The van der Waals surface area contributed by atoms with Crippen molar-refractivity contribution in [3.05, 3.63) is 29.7 Å². The van der Waals surface area contributed by atoms with E-state index in [1.165, 1.54) is 12.8 Å². The molecule has 0 nitrogen and oxygen atoms in total. The first-order valence-electron chi connectivity index (χ1n) is 4.48. The van der Waals surface area contributed by atoms with Gasteiger partial charge in [-0.1, -0.05) is 19.3 Å². The van der Waals surface area contributed by atoms with Gasteiger partial charge in [-0.15, -0.1) is 19.1 Å². The minimum atomic E-state index is 0. The normalized spacial score (nSPS) is 32.5. The summed E-state index contributed by atoms with van der Waals surface area (Å²) in [5.41, 5.74) is 1.63. The van der Waals surface area contributed by atoms with Crippen LogP contribution in [0, 0.1) is 17.8 Å². The van der Waals surface area contributed by atoms with Crippen LogP contribution in [0.2, 0.25) is 0 Å². The van der Waals surface area contributed by atoms with Crippen LogP contribution in [0.25, 0.3) is 0 Å². The topological polar surface area (TPSA) is 0 Å². The molecule has 0 amide bonds. The van der Waals surface area contributed by atoms with E-state index in [1.807, 2.05) is 0 Å². The van der Waals surface area contributed by atoms with Crippen LogP contribution in [0.3, 0.4) is 0 Å². The zero-order valence-corrected chi connectivity index (χ0v) is 9.36. The summed E-state index contributed by atoms with van der Waals surface area (Å²) < 4.78 is 0. The van der Waals surface area contributed by atoms with Crippen molar-refractivity contribution < 1.29 is 21.7 Å². The molecule has 0 aromatic rings. The quantitative estimate of drug-likeness (QED) is 0.411. The molecule has 0 N–H and O–H groups in total. The Morgan fingerprint density at radius 3 is 2.92 bits per heavy atom. The molecule has 0 radical (unpaired) electrons. The molecule has 12 heavy (non-hydrogen) atoms. The molecule has 2 rings (SSSR count). The van der Waals surface area contributed by atoms with E-state index in [4.69, 9.17) is 0 Å². The van der Waals surface area contributed by atoms with Gasteiger partial charge in [0.25, 0.3) is 0 Å². The average molecular weight is 195 g/mol. The maximum Gasteiger partial charge on any atom is 0 e. The van der Waals surface area contributed by atoms with E-state index in [0.717, 1.165) is 11.8 Å². The second kappa shape index (κ2) is 3.85. The van der Waals surface area contributed by atoms with Crippen molar-refractivity contribution in [3.8, 4) is 0 Å². The zero-order valence-electron chi connectivity index (χ0n) is 7.80. The number of hydrogen-bond acceptors (Lipinski definition) is 0. The SMILES string of the molecule is C[C-]1CC(C)C2CC=CC=C12.[Ti]. The van der Waals surface area contributed by atoms with Crippen molar-refractivity contribution in [1.29, 1.82) is 0 Å². The van der Waals surface area contributed by atoms with Crippen molar-refractivity contribution in [1.82, 2.24) is 0 Å². The maximum atomic E-state index is 2.37. The van der Waals surface area contributed by atoms with Gasteiger partial charge in [-0.2, -0.15) is 0 Å². The minimum Gasteiger partial charge on any atom is -0.215 e. The molecule has 0 spiro atoms. The predicted octanol–water partition coefficient (Wildman–Crippen LogP) is 3.12. The van der Waals surface area contributed by atoms with Gasteiger partial charge in [-0.25, -0.2) is 17.6 Å². The Balaban J connectivity index is 0.000000720. The first kappa shape index (κ1) is 10.1. The van der Waals surface area contributed by atoms with Crippen LogP contribution >= 0.6 is 0 Å². The summed E-state index contributed by atoms with van der Waals surface area (Å²) in [4.78, 5) is 0. The van der Waals surface area contributed by atoms with E-state index in [1.54, 1.807) is 11.5 Å². The third kappa shape index (κ3) is 1.55. The third-order valence-corrected chi connectivity index (χ3v) is 3.01. The molecule has 2 unspecified atom stereocenters. The van der Waals surface area contributed by atoms with Crippen LogP contribution < -0.4 is 0 Å². The average Bonchev–Trinajstić information content (AvgIpc) is 2.30. The largest absolute Gasteiger partial charge is 0.215 e. The molecule has 0 aromatic heterocycles. The summed E-state index contributed by atoms with van der Waals surface area (Å²) in [6.45, 7) is 4.65. The Bertz CT molecular complexity index is 215. The van der Waals surface area contributed by atoms with Crippen LogP contribution in [0.4, 0.5) is 0 Å². The Morgan fingerprint density at radius 1 is 1.50 bits per heavy atom. The Morgan fingerprint density at radius 2 is 2.25 bits per heavy atom. The summed E-state index contributed by atoms with van der Waals surface area (Å²) in [6.07, 6.45) is 9.38. The van der Waals surface area contributed by atoms with Gasteiger partial charge in [-0.3, -0.25) is 0 Å². The maximum absolute atomic E-state index is 2.37. The van der Waals surface area contributed by atoms with Crippen molar-refractivity contribution in [2.75, 3.05) is 0 Å². The summed E-state index contributed by atoms with van der Waals surface area (Å²) in [7, 11) is 0. The van der Waals surface area contributed by atoms with Gasteiger partial charge in [-0.05, 0) is 12.3 Å². The first-order valence-corrected chi connectivity index (χ1v) is 4.48. The molecule has 1 saturated carbocycles. The van der Waals surface area contributed by atoms with Crippen LogP contribution in [0.1, 0.15) is 26.7 Å². The molecule has 0 saturated heterocycles. The minimum absolute atomic E-state index is 0. The van der Waals surface area contributed by atoms with E-state index < -0.39 is 0 Å². The Labute approximate surface area is 90.0 Å². The van der Waals surface area contributed by atoms with Crippen molar-refractivity contribution in [2.45, 2.75) is 26.7 Å². The summed E-state index contributed by atoms with van der Waals surface area (Å²) >= 11 is 0. The van der Waals surface area contributed by atoms with Crippen molar-refractivity contribution in [2.24, 2.45) is 11.8 Å². The second-order valence-electron chi connectivity index (χ2n) is 3.85. The molecule has 2 aliphatic carbocycles.